The summed E-state index contributed by atoms with van der Waals surface area (Å²) in [5.41, 5.74) is 2.20. The lowest BCUT2D eigenvalue weighted by Gasteiger charge is -2.18. The molecule has 1 aromatic heterocycles. The molecule has 0 saturated heterocycles. The summed E-state index contributed by atoms with van der Waals surface area (Å²) >= 11 is 7.41. The number of aromatic nitrogens is 1. The van der Waals surface area contributed by atoms with Crippen molar-refractivity contribution in [3.63, 3.8) is 0 Å². The lowest BCUT2D eigenvalue weighted by molar-refractivity contribution is 0.171. The Morgan fingerprint density at radius 1 is 1.14 bits per heavy atom. The van der Waals surface area contributed by atoms with E-state index >= 15 is 0 Å². The fourth-order valence-corrected chi connectivity index (χ4v) is 4.82. The van der Waals surface area contributed by atoms with E-state index in [4.69, 9.17) is 26.2 Å². The summed E-state index contributed by atoms with van der Waals surface area (Å²) in [6.07, 6.45) is 0. The van der Waals surface area contributed by atoms with Gasteiger partial charge in [0.25, 0.3) is 0 Å². The first-order chi connectivity index (χ1) is 13.3. The monoisotopic (exact) mass is 517 g/mol. The van der Waals surface area contributed by atoms with Crippen LogP contribution in [0, 0.1) is 0 Å². The lowest BCUT2D eigenvalue weighted by Crippen LogP contribution is -2.15. The quantitative estimate of drug-likeness (QED) is 0.573. The van der Waals surface area contributed by atoms with E-state index in [1.807, 2.05) is 35.2 Å². The Bertz CT molecular complexity index is 1240. The van der Waals surface area contributed by atoms with Crippen LogP contribution in [-0.4, -0.2) is 26.2 Å². The number of sulfonamides is 1. The number of hydrogen-bond acceptors (Lipinski definition) is 6. The molecular formula is C18H17BrClN3O4S2. The van der Waals surface area contributed by atoms with Crippen molar-refractivity contribution in [3.8, 4) is 22.8 Å². The minimum Gasteiger partial charge on any atom is -0.486 e. The molecule has 0 bridgehead atoms. The number of ether oxygens (including phenoxy) is 2. The van der Waals surface area contributed by atoms with E-state index in [1.165, 1.54) is 23.5 Å². The number of fused-ring (bicyclic) bond motifs is 1. The molecule has 0 fully saturated rings. The van der Waals surface area contributed by atoms with E-state index in [2.05, 4.69) is 4.99 Å². The van der Waals surface area contributed by atoms with Crippen LogP contribution in [0.4, 0.5) is 5.69 Å². The Labute approximate surface area is 187 Å². The summed E-state index contributed by atoms with van der Waals surface area (Å²) in [4.78, 5) is 5.29. The first-order valence-corrected chi connectivity index (χ1v) is 11.0. The fourth-order valence-electron chi connectivity index (χ4n) is 2.83. The number of halogens is 2. The molecule has 0 radical (unpaired) electrons. The summed E-state index contributed by atoms with van der Waals surface area (Å²) < 4.78 is 36.5. The summed E-state index contributed by atoms with van der Waals surface area (Å²) in [6, 6.07) is 10.2. The highest BCUT2D eigenvalue weighted by Gasteiger charge is 2.16. The number of hydrogen-bond donors (Lipinski definition) is 1. The van der Waals surface area contributed by atoms with E-state index in [0.29, 0.717) is 30.3 Å². The highest BCUT2D eigenvalue weighted by atomic mass is 79.9. The van der Waals surface area contributed by atoms with E-state index in [0.717, 1.165) is 16.2 Å². The number of primary sulfonamides is 1. The second-order valence-electron chi connectivity index (χ2n) is 6.09. The Hall–Kier alpha value is -1.85. The molecule has 1 aliphatic rings. The highest BCUT2D eigenvalue weighted by Crippen LogP contribution is 2.33. The van der Waals surface area contributed by atoms with Crippen molar-refractivity contribution in [1.82, 2.24) is 4.57 Å². The summed E-state index contributed by atoms with van der Waals surface area (Å²) in [7, 11) is -2.06. The maximum atomic E-state index is 11.7. The van der Waals surface area contributed by atoms with Crippen molar-refractivity contribution in [3.05, 3.63) is 51.6 Å². The maximum Gasteiger partial charge on any atom is 0.239 e. The summed E-state index contributed by atoms with van der Waals surface area (Å²) in [5.74, 6) is 1.38. The standard InChI is InChI=1S/C18H16ClN3O4S2.BrH/c1-22-14(11-2-4-13(19)17(8-11)28(20,23)24)10-27-18(22)21-12-3-5-15-16(9-12)26-7-6-25-15;/h2-5,8-10H,6-7H2,1H3,(H2,20,23,24);1H. The molecule has 29 heavy (non-hydrogen) atoms. The van der Waals surface area contributed by atoms with Crippen LogP contribution in [0.3, 0.4) is 0 Å². The van der Waals surface area contributed by atoms with Crippen LogP contribution in [0.1, 0.15) is 0 Å². The third-order valence-electron chi connectivity index (χ3n) is 4.21. The molecule has 3 aromatic rings. The molecule has 1 aliphatic heterocycles. The molecule has 7 nitrogen and oxygen atoms in total. The van der Waals surface area contributed by atoms with Crippen molar-refractivity contribution in [2.75, 3.05) is 13.2 Å². The van der Waals surface area contributed by atoms with E-state index in [9.17, 15) is 8.42 Å². The van der Waals surface area contributed by atoms with E-state index in [-0.39, 0.29) is 26.9 Å². The number of benzene rings is 2. The predicted octanol–water partition coefficient (Wildman–Crippen LogP) is 3.64. The van der Waals surface area contributed by atoms with Gasteiger partial charge in [-0.3, -0.25) is 0 Å². The molecule has 154 valence electrons. The molecule has 2 N–H and O–H groups in total. The van der Waals surface area contributed by atoms with E-state index < -0.39 is 10.0 Å². The largest absolute Gasteiger partial charge is 0.486 e. The van der Waals surface area contributed by atoms with Gasteiger partial charge in [-0.1, -0.05) is 17.7 Å². The minimum atomic E-state index is -3.91. The van der Waals surface area contributed by atoms with Gasteiger partial charge < -0.3 is 14.0 Å². The molecule has 0 saturated carbocycles. The molecule has 0 amide bonds. The molecule has 11 heteroatoms. The van der Waals surface area contributed by atoms with Crippen LogP contribution in [0.2, 0.25) is 5.02 Å². The first-order valence-electron chi connectivity index (χ1n) is 8.24. The van der Waals surface area contributed by atoms with Crippen molar-refractivity contribution in [2.24, 2.45) is 17.2 Å². The smallest absolute Gasteiger partial charge is 0.239 e. The Morgan fingerprint density at radius 2 is 1.86 bits per heavy atom. The molecular weight excluding hydrogens is 502 g/mol. The number of rotatable bonds is 3. The Morgan fingerprint density at radius 3 is 2.59 bits per heavy atom. The second kappa shape index (κ2) is 8.49. The van der Waals surface area contributed by atoms with Gasteiger partial charge in [-0.2, -0.15) is 0 Å². The molecule has 2 aromatic carbocycles. The SMILES string of the molecule is Br.Cn1c(-c2ccc(Cl)c(S(N)(=O)=O)c2)csc1=Nc1ccc2c(c1)OCCO2. The van der Waals surface area contributed by atoms with Gasteiger partial charge in [0.15, 0.2) is 16.3 Å². The van der Waals surface area contributed by atoms with Crippen LogP contribution in [0.25, 0.3) is 11.3 Å². The van der Waals surface area contributed by atoms with Crippen LogP contribution in [0.5, 0.6) is 11.5 Å². The van der Waals surface area contributed by atoms with Crippen molar-refractivity contribution >= 4 is 55.6 Å². The lowest BCUT2D eigenvalue weighted by atomic mass is 10.2. The van der Waals surface area contributed by atoms with Gasteiger partial charge >= 0.3 is 0 Å². The topological polar surface area (TPSA) is 95.9 Å². The summed E-state index contributed by atoms with van der Waals surface area (Å²) in [6.45, 7) is 1.05. The molecule has 2 heterocycles. The Balaban J connectivity index is 0.00000240. The third-order valence-corrected chi connectivity index (χ3v) is 6.52. The molecule has 0 spiro atoms. The van der Waals surface area contributed by atoms with Gasteiger partial charge in [0.05, 0.1) is 16.4 Å². The summed E-state index contributed by atoms with van der Waals surface area (Å²) in [5, 5.41) is 7.23. The molecule has 4 rings (SSSR count). The van der Waals surface area contributed by atoms with Crippen LogP contribution in [0.15, 0.2) is 51.7 Å². The molecule has 0 unspecified atom stereocenters. The van der Waals surface area contributed by atoms with Crippen molar-refractivity contribution < 1.29 is 17.9 Å². The van der Waals surface area contributed by atoms with Gasteiger partial charge in [0.2, 0.25) is 10.0 Å². The zero-order valence-electron chi connectivity index (χ0n) is 15.2. The van der Waals surface area contributed by atoms with E-state index in [1.54, 1.807) is 6.07 Å². The van der Waals surface area contributed by atoms with Gasteiger partial charge in [-0.05, 0) is 24.3 Å². The molecule has 0 aliphatic carbocycles. The average molecular weight is 519 g/mol. The number of thiazole rings is 1. The molecule has 0 atom stereocenters. The number of nitrogens with zero attached hydrogens (tertiary/aromatic N) is 2. The van der Waals surface area contributed by atoms with Crippen LogP contribution < -0.4 is 19.4 Å². The zero-order valence-corrected chi connectivity index (χ0v) is 19.3. The maximum absolute atomic E-state index is 11.7. The minimum absolute atomic E-state index is 0. The van der Waals surface area contributed by atoms with Crippen molar-refractivity contribution in [2.45, 2.75) is 4.90 Å². The van der Waals surface area contributed by atoms with Gasteiger partial charge in [0, 0.05) is 24.1 Å². The van der Waals surface area contributed by atoms with Crippen LogP contribution in [-0.2, 0) is 17.1 Å². The van der Waals surface area contributed by atoms with Gasteiger partial charge in [-0.25, -0.2) is 18.5 Å². The Kier molecular flexibility index (Phi) is 6.39. The van der Waals surface area contributed by atoms with Gasteiger partial charge in [-0.15, -0.1) is 28.3 Å². The zero-order chi connectivity index (χ0) is 19.9. The average Bonchev–Trinajstić information content (AvgIpc) is 3.01. The van der Waals surface area contributed by atoms with Gasteiger partial charge in [0.1, 0.15) is 18.1 Å². The fraction of sp³-hybridized carbons (Fsp3) is 0.167. The van der Waals surface area contributed by atoms with Crippen molar-refractivity contribution in [1.29, 1.82) is 0 Å². The second-order valence-corrected chi connectivity index (χ2v) is 8.87. The number of nitrogens with two attached hydrogens (primary N) is 1. The first kappa shape index (κ1) is 21.8. The normalized spacial score (nSPS) is 13.8. The highest BCUT2D eigenvalue weighted by molar-refractivity contribution is 8.93. The third kappa shape index (κ3) is 4.51. The van der Waals surface area contributed by atoms with Crippen LogP contribution >= 0.6 is 39.9 Å². The predicted molar refractivity (Wildman–Crippen MR) is 118 cm³/mol.